The number of nitrogens with zero attached hydrogens (tertiary/aromatic N) is 2. The zero-order valence-electron chi connectivity index (χ0n) is 12.8. The standard InChI is InChI=1S/C16H24N2O3/c1-3-6-14(16(19)20)18-11-9-17(10-12-18)13-7-4-5-8-15(13)21-2/h4-5,7-8,14H,3,6,9-12H2,1-2H3,(H,19,20). The van der Waals surface area contributed by atoms with Crippen LogP contribution in [-0.4, -0.2) is 55.3 Å². The lowest BCUT2D eigenvalue weighted by atomic mass is 10.1. The molecular weight excluding hydrogens is 268 g/mol. The number of piperazine rings is 1. The molecule has 1 aliphatic heterocycles. The van der Waals surface area contributed by atoms with Gasteiger partial charge in [0.15, 0.2) is 0 Å². The van der Waals surface area contributed by atoms with Crippen molar-refractivity contribution >= 4 is 11.7 Å². The highest BCUT2D eigenvalue weighted by molar-refractivity contribution is 5.73. The normalized spacial score (nSPS) is 17.5. The number of carboxylic acid groups (broad SMARTS) is 1. The molecule has 0 aromatic heterocycles. The Morgan fingerprint density at radius 3 is 2.52 bits per heavy atom. The summed E-state index contributed by atoms with van der Waals surface area (Å²) in [5.41, 5.74) is 1.09. The molecule has 0 radical (unpaired) electrons. The van der Waals surface area contributed by atoms with Gasteiger partial charge in [0.05, 0.1) is 12.8 Å². The summed E-state index contributed by atoms with van der Waals surface area (Å²) in [6, 6.07) is 7.62. The Labute approximate surface area is 126 Å². The number of carboxylic acids is 1. The molecule has 0 saturated carbocycles. The van der Waals surface area contributed by atoms with Gasteiger partial charge in [-0.25, -0.2) is 0 Å². The van der Waals surface area contributed by atoms with Crippen molar-refractivity contribution in [2.45, 2.75) is 25.8 Å². The van der Waals surface area contributed by atoms with Crippen molar-refractivity contribution in [2.24, 2.45) is 0 Å². The minimum Gasteiger partial charge on any atom is -0.495 e. The van der Waals surface area contributed by atoms with Gasteiger partial charge in [-0.2, -0.15) is 0 Å². The van der Waals surface area contributed by atoms with Crippen LogP contribution in [0.3, 0.4) is 0 Å². The topological polar surface area (TPSA) is 53.0 Å². The van der Waals surface area contributed by atoms with Gasteiger partial charge in [-0.1, -0.05) is 25.5 Å². The van der Waals surface area contributed by atoms with Gasteiger partial charge in [0.2, 0.25) is 0 Å². The maximum absolute atomic E-state index is 11.4. The molecule has 1 N–H and O–H groups in total. The summed E-state index contributed by atoms with van der Waals surface area (Å²) < 4.78 is 5.40. The maximum atomic E-state index is 11.4. The number of benzene rings is 1. The molecular formula is C16H24N2O3. The Bertz CT molecular complexity index is 470. The highest BCUT2D eigenvalue weighted by Gasteiger charge is 2.28. The zero-order valence-corrected chi connectivity index (χ0v) is 12.8. The van der Waals surface area contributed by atoms with Crippen LogP contribution in [0.1, 0.15) is 19.8 Å². The fraction of sp³-hybridized carbons (Fsp3) is 0.562. The quantitative estimate of drug-likeness (QED) is 0.870. The summed E-state index contributed by atoms with van der Waals surface area (Å²) >= 11 is 0. The van der Waals surface area contributed by atoms with E-state index < -0.39 is 5.97 Å². The van der Waals surface area contributed by atoms with Crippen LogP contribution in [0.25, 0.3) is 0 Å². The van der Waals surface area contributed by atoms with E-state index in [0.29, 0.717) is 6.42 Å². The van der Waals surface area contributed by atoms with Crippen molar-refractivity contribution in [3.05, 3.63) is 24.3 Å². The third kappa shape index (κ3) is 3.67. The highest BCUT2D eigenvalue weighted by Crippen LogP contribution is 2.28. The van der Waals surface area contributed by atoms with Gasteiger partial charge >= 0.3 is 5.97 Å². The van der Waals surface area contributed by atoms with Crippen LogP contribution in [0.4, 0.5) is 5.69 Å². The molecule has 1 fully saturated rings. The second-order valence-electron chi connectivity index (χ2n) is 5.34. The second kappa shape index (κ2) is 7.31. The number of para-hydroxylation sites is 2. The molecule has 21 heavy (non-hydrogen) atoms. The van der Waals surface area contributed by atoms with E-state index in [1.165, 1.54) is 0 Å². The number of aliphatic carboxylic acids is 1. The molecule has 1 aromatic carbocycles. The lowest BCUT2D eigenvalue weighted by Gasteiger charge is -2.39. The lowest BCUT2D eigenvalue weighted by molar-refractivity contribution is -0.143. The van der Waals surface area contributed by atoms with E-state index in [1.807, 2.05) is 25.1 Å². The summed E-state index contributed by atoms with van der Waals surface area (Å²) in [7, 11) is 1.68. The van der Waals surface area contributed by atoms with Crippen molar-refractivity contribution in [1.29, 1.82) is 0 Å². The Hall–Kier alpha value is -1.75. The van der Waals surface area contributed by atoms with Crippen LogP contribution < -0.4 is 9.64 Å². The second-order valence-corrected chi connectivity index (χ2v) is 5.34. The molecule has 1 atom stereocenters. The Kier molecular flexibility index (Phi) is 5.44. The summed E-state index contributed by atoms with van der Waals surface area (Å²) in [6.45, 7) is 5.23. The summed E-state index contributed by atoms with van der Waals surface area (Å²) in [4.78, 5) is 15.7. The predicted octanol–water partition coefficient (Wildman–Crippen LogP) is 2.07. The van der Waals surface area contributed by atoms with Crippen molar-refractivity contribution in [2.75, 3.05) is 38.2 Å². The molecule has 0 spiro atoms. The number of rotatable bonds is 6. The number of methoxy groups -OCH3 is 1. The molecule has 5 heteroatoms. The van der Waals surface area contributed by atoms with Crippen LogP contribution in [0.5, 0.6) is 5.75 Å². The van der Waals surface area contributed by atoms with Gasteiger partial charge < -0.3 is 14.7 Å². The van der Waals surface area contributed by atoms with E-state index >= 15 is 0 Å². The molecule has 2 rings (SSSR count). The number of hydrogen-bond donors (Lipinski definition) is 1. The van der Waals surface area contributed by atoms with Crippen molar-refractivity contribution in [3.8, 4) is 5.75 Å². The smallest absolute Gasteiger partial charge is 0.320 e. The van der Waals surface area contributed by atoms with Crippen LogP contribution in [-0.2, 0) is 4.79 Å². The van der Waals surface area contributed by atoms with E-state index in [9.17, 15) is 9.90 Å². The van der Waals surface area contributed by atoms with Crippen LogP contribution in [0, 0.1) is 0 Å². The first kappa shape index (κ1) is 15.6. The average Bonchev–Trinajstić information content (AvgIpc) is 2.52. The van der Waals surface area contributed by atoms with Gasteiger partial charge in [0.25, 0.3) is 0 Å². The molecule has 0 bridgehead atoms. The molecule has 0 aliphatic carbocycles. The van der Waals surface area contributed by atoms with Crippen molar-refractivity contribution in [3.63, 3.8) is 0 Å². The third-order valence-electron chi connectivity index (χ3n) is 4.03. The molecule has 1 aliphatic rings. The zero-order chi connectivity index (χ0) is 15.2. The summed E-state index contributed by atoms with van der Waals surface area (Å²) in [6.07, 6.45) is 1.60. The minimum atomic E-state index is -0.706. The van der Waals surface area contributed by atoms with Gasteiger partial charge in [0, 0.05) is 26.2 Å². The van der Waals surface area contributed by atoms with Crippen LogP contribution in [0.2, 0.25) is 0 Å². The van der Waals surface area contributed by atoms with Crippen molar-refractivity contribution < 1.29 is 14.6 Å². The van der Waals surface area contributed by atoms with E-state index in [2.05, 4.69) is 15.9 Å². The molecule has 5 nitrogen and oxygen atoms in total. The predicted molar refractivity (Wildman–Crippen MR) is 83.1 cm³/mol. The van der Waals surface area contributed by atoms with E-state index in [0.717, 1.165) is 44.0 Å². The maximum Gasteiger partial charge on any atom is 0.320 e. The third-order valence-corrected chi connectivity index (χ3v) is 4.03. The first-order valence-electron chi connectivity index (χ1n) is 7.52. The van der Waals surface area contributed by atoms with Gasteiger partial charge in [-0.3, -0.25) is 9.69 Å². The van der Waals surface area contributed by atoms with Crippen LogP contribution in [0.15, 0.2) is 24.3 Å². The molecule has 0 amide bonds. The molecule has 116 valence electrons. The fourth-order valence-electron chi connectivity index (χ4n) is 2.90. The summed E-state index contributed by atoms with van der Waals surface area (Å²) in [5, 5.41) is 9.35. The average molecular weight is 292 g/mol. The fourth-order valence-corrected chi connectivity index (χ4v) is 2.90. The van der Waals surface area contributed by atoms with Gasteiger partial charge in [0.1, 0.15) is 11.8 Å². The molecule has 1 heterocycles. The number of ether oxygens (including phenoxy) is 1. The first-order valence-corrected chi connectivity index (χ1v) is 7.52. The summed E-state index contributed by atoms with van der Waals surface area (Å²) in [5.74, 6) is 0.164. The first-order chi connectivity index (χ1) is 10.2. The monoisotopic (exact) mass is 292 g/mol. The lowest BCUT2D eigenvalue weighted by Crippen LogP contribution is -2.52. The molecule has 1 unspecified atom stereocenters. The largest absolute Gasteiger partial charge is 0.495 e. The van der Waals surface area contributed by atoms with E-state index in [4.69, 9.17) is 4.74 Å². The Morgan fingerprint density at radius 1 is 1.29 bits per heavy atom. The number of carbonyl (C=O) groups is 1. The van der Waals surface area contributed by atoms with E-state index in [-0.39, 0.29) is 6.04 Å². The minimum absolute atomic E-state index is 0.352. The Morgan fingerprint density at radius 2 is 1.95 bits per heavy atom. The SMILES string of the molecule is CCCC(C(=O)O)N1CCN(c2ccccc2OC)CC1. The number of hydrogen-bond acceptors (Lipinski definition) is 4. The molecule has 1 aromatic rings. The Balaban J connectivity index is 2.01. The van der Waals surface area contributed by atoms with Gasteiger partial charge in [-0.15, -0.1) is 0 Å². The highest BCUT2D eigenvalue weighted by atomic mass is 16.5. The van der Waals surface area contributed by atoms with Gasteiger partial charge in [-0.05, 0) is 18.6 Å². The molecule has 1 saturated heterocycles. The van der Waals surface area contributed by atoms with Crippen molar-refractivity contribution in [1.82, 2.24) is 4.90 Å². The number of anilines is 1. The van der Waals surface area contributed by atoms with Crippen LogP contribution >= 0.6 is 0 Å². The van der Waals surface area contributed by atoms with E-state index in [1.54, 1.807) is 7.11 Å².